The standard InChI is InChI=1S/C17H16Br2ClN3O2.Co/c1-7(2)9-5-24-16(21-9)14-11(18)13(20)12(19)15(23-14)17-22-10(6-25-17)8(3)4;/h5-8H,1-4H3;. The number of nitrogens with zero attached hydrogens (tertiary/aromatic N) is 3. The number of hydrogen-bond donors (Lipinski definition) is 0. The molecule has 0 fully saturated rings. The topological polar surface area (TPSA) is 65.0 Å². The van der Waals surface area contributed by atoms with Gasteiger partial charge in [-0.1, -0.05) is 39.3 Å². The minimum atomic E-state index is 0. The van der Waals surface area contributed by atoms with E-state index in [0.29, 0.717) is 37.1 Å². The Balaban J connectivity index is 0.00000243. The molecular formula is C17H16Br2ClCoN3O2. The molecule has 141 valence electrons. The van der Waals surface area contributed by atoms with Gasteiger partial charge in [-0.15, -0.1) is 0 Å². The first-order valence-electron chi connectivity index (χ1n) is 7.75. The summed E-state index contributed by atoms with van der Waals surface area (Å²) >= 11 is 13.4. The van der Waals surface area contributed by atoms with E-state index in [2.05, 4.69) is 46.8 Å². The Labute approximate surface area is 183 Å². The number of halogens is 3. The average molecular weight is 549 g/mol. The summed E-state index contributed by atoms with van der Waals surface area (Å²) < 4.78 is 12.4. The Bertz CT molecular complexity index is 854. The quantitative estimate of drug-likeness (QED) is 0.358. The van der Waals surface area contributed by atoms with Crippen LogP contribution in [0.25, 0.3) is 23.2 Å². The fourth-order valence-electron chi connectivity index (χ4n) is 2.12. The van der Waals surface area contributed by atoms with Crippen LogP contribution in [0.1, 0.15) is 50.9 Å². The molecule has 0 aromatic carbocycles. The molecule has 0 aliphatic rings. The van der Waals surface area contributed by atoms with Gasteiger partial charge in [0, 0.05) is 16.8 Å². The molecule has 0 atom stereocenters. The van der Waals surface area contributed by atoms with E-state index in [-0.39, 0.29) is 28.6 Å². The second-order valence-electron chi connectivity index (χ2n) is 6.22. The molecule has 26 heavy (non-hydrogen) atoms. The van der Waals surface area contributed by atoms with Gasteiger partial charge in [0.05, 0.1) is 25.4 Å². The Hall–Kier alpha value is -0.674. The van der Waals surface area contributed by atoms with Gasteiger partial charge < -0.3 is 8.83 Å². The van der Waals surface area contributed by atoms with Gasteiger partial charge in [-0.05, 0) is 43.7 Å². The van der Waals surface area contributed by atoms with Crippen molar-refractivity contribution in [3.05, 3.63) is 37.9 Å². The van der Waals surface area contributed by atoms with E-state index in [1.165, 1.54) is 0 Å². The molecule has 0 spiro atoms. The predicted octanol–water partition coefficient (Wildman–Crippen LogP) is 6.81. The number of aromatic nitrogens is 3. The predicted molar refractivity (Wildman–Crippen MR) is 104 cm³/mol. The summed E-state index contributed by atoms with van der Waals surface area (Å²) in [4.78, 5) is 13.6. The SMILES string of the molecule is CC(C)c1coc(-c2nc(-c3nc(C(C)C)co3)c(Br)c(Cl)c2Br)n1.[Co]. The van der Waals surface area contributed by atoms with E-state index < -0.39 is 0 Å². The maximum absolute atomic E-state index is 6.45. The van der Waals surface area contributed by atoms with Crippen LogP contribution in [0.3, 0.4) is 0 Å². The Morgan fingerprint density at radius 1 is 0.808 bits per heavy atom. The van der Waals surface area contributed by atoms with Gasteiger partial charge in [-0.2, -0.15) is 0 Å². The normalized spacial score (nSPS) is 11.3. The van der Waals surface area contributed by atoms with E-state index in [4.69, 9.17) is 20.4 Å². The van der Waals surface area contributed by atoms with Crippen LogP contribution in [-0.2, 0) is 16.8 Å². The number of oxazole rings is 2. The summed E-state index contributed by atoms with van der Waals surface area (Å²) in [7, 11) is 0. The molecule has 1 radical (unpaired) electrons. The number of rotatable bonds is 4. The third-order valence-electron chi connectivity index (χ3n) is 3.66. The van der Waals surface area contributed by atoms with E-state index in [0.717, 1.165) is 11.4 Å². The molecule has 0 amide bonds. The zero-order valence-electron chi connectivity index (χ0n) is 14.4. The Morgan fingerprint density at radius 2 is 1.19 bits per heavy atom. The zero-order chi connectivity index (χ0) is 18.3. The van der Waals surface area contributed by atoms with Crippen molar-refractivity contribution in [2.45, 2.75) is 39.5 Å². The summed E-state index contributed by atoms with van der Waals surface area (Å²) in [6, 6.07) is 0. The molecule has 0 saturated carbocycles. The Morgan fingerprint density at radius 3 is 1.50 bits per heavy atom. The minimum Gasteiger partial charge on any atom is -0.443 e. The largest absolute Gasteiger partial charge is 0.443 e. The van der Waals surface area contributed by atoms with Crippen molar-refractivity contribution < 1.29 is 25.6 Å². The van der Waals surface area contributed by atoms with Crippen LogP contribution >= 0.6 is 43.5 Å². The Kier molecular flexibility index (Phi) is 7.12. The molecule has 0 unspecified atom stereocenters. The first-order chi connectivity index (χ1) is 11.8. The number of hydrogen-bond acceptors (Lipinski definition) is 5. The molecule has 5 nitrogen and oxygen atoms in total. The second-order valence-corrected chi connectivity index (χ2v) is 8.18. The average Bonchev–Trinajstić information content (AvgIpc) is 3.22. The van der Waals surface area contributed by atoms with Crippen LogP contribution in [0, 0.1) is 0 Å². The van der Waals surface area contributed by atoms with Crippen LogP contribution in [0.4, 0.5) is 0 Å². The smallest absolute Gasteiger partial charge is 0.246 e. The van der Waals surface area contributed by atoms with Gasteiger partial charge in [0.15, 0.2) is 0 Å². The molecule has 0 aliphatic carbocycles. The van der Waals surface area contributed by atoms with Crippen LogP contribution < -0.4 is 0 Å². The van der Waals surface area contributed by atoms with Crippen LogP contribution in [0.2, 0.25) is 5.02 Å². The van der Waals surface area contributed by atoms with Crippen molar-refractivity contribution in [3.8, 4) is 23.2 Å². The summed E-state index contributed by atoms with van der Waals surface area (Å²) in [5.74, 6) is 1.28. The van der Waals surface area contributed by atoms with Gasteiger partial charge in [-0.3, -0.25) is 0 Å². The maximum Gasteiger partial charge on any atom is 0.246 e. The monoisotopic (exact) mass is 546 g/mol. The van der Waals surface area contributed by atoms with E-state index in [1.807, 2.05) is 27.7 Å². The van der Waals surface area contributed by atoms with E-state index in [1.54, 1.807) is 12.5 Å². The van der Waals surface area contributed by atoms with Crippen molar-refractivity contribution in [1.29, 1.82) is 0 Å². The van der Waals surface area contributed by atoms with E-state index >= 15 is 0 Å². The summed E-state index contributed by atoms with van der Waals surface area (Å²) in [5.41, 5.74) is 2.70. The first-order valence-corrected chi connectivity index (χ1v) is 9.72. The van der Waals surface area contributed by atoms with Gasteiger partial charge in [0.2, 0.25) is 11.8 Å². The van der Waals surface area contributed by atoms with Gasteiger partial charge >= 0.3 is 0 Å². The molecule has 0 aliphatic heterocycles. The van der Waals surface area contributed by atoms with Crippen LogP contribution in [0.15, 0.2) is 30.3 Å². The molecule has 3 aromatic heterocycles. The van der Waals surface area contributed by atoms with Gasteiger partial charge in [-0.25, -0.2) is 15.0 Å². The minimum absolute atomic E-state index is 0. The molecule has 0 bridgehead atoms. The molecule has 3 rings (SSSR count). The molecule has 9 heteroatoms. The molecule has 3 aromatic rings. The fraction of sp³-hybridized carbons (Fsp3) is 0.353. The fourth-order valence-corrected chi connectivity index (χ4v) is 3.48. The summed E-state index contributed by atoms with van der Waals surface area (Å²) in [6.45, 7) is 8.18. The van der Waals surface area contributed by atoms with Gasteiger partial charge in [0.1, 0.15) is 23.9 Å². The molecular weight excluding hydrogens is 532 g/mol. The van der Waals surface area contributed by atoms with Gasteiger partial charge in [0.25, 0.3) is 0 Å². The van der Waals surface area contributed by atoms with E-state index in [9.17, 15) is 0 Å². The molecule has 0 saturated heterocycles. The summed E-state index contributed by atoms with van der Waals surface area (Å²) in [5, 5.41) is 0.452. The van der Waals surface area contributed by atoms with Crippen molar-refractivity contribution in [2.75, 3.05) is 0 Å². The molecule has 3 heterocycles. The maximum atomic E-state index is 6.45. The van der Waals surface area contributed by atoms with Crippen molar-refractivity contribution in [1.82, 2.24) is 15.0 Å². The summed E-state index contributed by atoms with van der Waals surface area (Å²) in [6.07, 6.45) is 3.26. The number of pyridine rings is 1. The van der Waals surface area contributed by atoms with Crippen molar-refractivity contribution in [3.63, 3.8) is 0 Å². The van der Waals surface area contributed by atoms with Crippen LogP contribution in [-0.4, -0.2) is 15.0 Å². The molecule has 0 N–H and O–H groups in total. The van der Waals surface area contributed by atoms with Crippen molar-refractivity contribution >= 4 is 43.5 Å². The van der Waals surface area contributed by atoms with Crippen LogP contribution in [0.5, 0.6) is 0 Å². The third-order valence-corrected chi connectivity index (χ3v) is 6.04. The first kappa shape index (κ1) is 21.6. The zero-order valence-corrected chi connectivity index (χ0v) is 19.4. The third kappa shape index (κ3) is 4.09. The van der Waals surface area contributed by atoms with Crippen molar-refractivity contribution in [2.24, 2.45) is 0 Å². The second kappa shape index (κ2) is 8.56.